The van der Waals surface area contributed by atoms with Crippen molar-refractivity contribution in [3.8, 4) is 0 Å². The van der Waals surface area contributed by atoms with Crippen molar-refractivity contribution in [1.82, 2.24) is 0 Å². The molecule has 0 spiro atoms. The first-order valence-electron chi connectivity index (χ1n) is 3.38. The molecule has 0 saturated carbocycles. The van der Waals surface area contributed by atoms with Crippen molar-refractivity contribution in [3.63, 3.8) is 0 Å². The smallest absolute Gasteiger partial charge is 0.371 e. The third-order valence-electron chi connectivity index (χ3n) is 1.47. The Hall–Kier alpha value is -1.98. The standard InChI is InChI=1S/C7H8N2O4/c1-3-2-4(7(10)11)13-5(3)6(8)9-12/h2,12H,1H3,(H2,8,9)(H,10,11). The van der Waals surface area contributed by atoms with Crippen LogP contribution in [0.3, 0.4) is 0 Å². The number of nitrogens with zero attached hydrogens (tertiary/aromatic N) is 1. The van der Waals surface area contributed by atoms with Crippen LogP contribution in [0.4, 0.5) is 0 Å². The average molecular weight is 184 g/mol. The minimum Gasteiger partial charge on any atom is -0.475 e. The lowest BCUT2D eigenvalue weighted by Gasteiger charge is -1.92. The van der Waals surface area contributed by atoms with Gasteiger partial charge in [-0.25, -0.2) is 4.79 Å². The summed E-state index contributed by atoms with van der Waals surface area (Å²) in [6.45, 7) is 1.60. The van der Waals surface area contributed by atoms with Crippen molar-refractivity contribution < 1.29 is 19.5 Å². The predicted octanol–water partition coefficient (Wildman–Crippen LogP) is 0.381. The van der Waals surface area contributed by atoms with Gasteiger partial charge in [0.1, 0.15) is 0 Å². The number of carbonyl (C=O) groups is 1. The van der Waals surface area contributed by atoms with Gasteiger partial charge in [-0.2, -0.15) is 0 Å². The summed E-state index contributed by atoms with van der Waals surface area (Å²) in [4.78, 5) is 10.4. The molecule has 0 aliphatic rings. The molecule has 13 heavy (non-hydrogen) atoms. The molecule has 6 heteroatoms. The minimum absolute atomic E-state index is 0.0694. The van der Waals surface area contributed by atoms with E-state index >= 15 is 0 Å². The maximum absolute atomic E-state index is 10.4. The van der Waals surface area contributed by atoms with Crippen LogP contribution in [-0.2, 0) is 0 Å². The van der Waals surface area contributed by atoms with Gasteiger partial charge in [0, 0.05) is 0 Å². The molecule has 0 aromatic carbocycles. The van der Waals surface area contributed by atoms with Crippen molar-refractivity contribution in [2.45, 2.75) is 6.92 Å². The number of furan rings is 1. The first-order chi connectivity index (χ1) is 6.06. The van der Waals surface area contributed by atoms with Crippen molar-refractivity contribution >= 4 is 11.8 Å². The van der Waals surface area contributed by atoms with Gasteiger partial charge in [-0.3, -0.25) is 0 Å². The van der Waals surface area contributed by atoms with E-state index in [9.17, 15) is 4.79 Å². The van der Waals surface area contributed by atoms with Crippen LogP contribution < -0.4 is 5.73 Å². The highest BCUT2D eigenvalue weighted by atomic mass is 16.4. The molecule has 0 aliphatic carbocycles. The van der Waals surface area contributed by atoms with Gasteiger partial charge >= 0.3 is 5.97 Å². The van der Waals surface area contributed by atoms with Gasteiger partial charge in [-0.15, -0.1) is 0 Å². The summed E-state index contributed by atoms with van der Waals surface area (Å²) < 4.78 is 4.81. The Morgan fingerprint density at radius 3 is 2.69 bits per heavy atom. The first-order valence-corrected chi connectivity index (χ1v) is 3.38. The number of aromatic carboxylic acids is 1. The van der Waals surface area contributed by atoms with Crippen LogP contribution in [0.2, 0.25) is 0 Å². The van der Waals surface area contributed by atoms with Crippen LogP contribution in [0.25, 0.3) is 0 Å². The van der Waals surface area contributed by atoms with Crippen LogP contribution in [-0.4, -0.2) is 22.1 Å². The molecule has 0 atom stereocenters. The number of aryl methyl sites for hydroxylation is 1. The fraction of sp³-hybridized carbons (Fsp3) is 0.143. The number of carboxylic acids is 1. The van der Waals surface area contributed by atoms with Crippen LogP contribution >= 0.6 is 0 Å². The second kappa shape index (κ2) is 3.18. The number of oxime groups is 1. The Bertz CT molecular complexity index is 367. The van der Waals surface area contributed by atoms with E-state index in [1.54, 1.807) is 6.92 Å². The molecule has 1 aromatic rings. The summed E-state index contributed by atoms with van der Waals surface area (Å²) >= 11 is 0. The summed E-state index contributed by atoms with van der Waals surface area (Å²) in [6, 6.07) is 1.30. The Morgan fingerprint density at radius 2 is 2.31 bits per heavy atom. The van der Waals surface area contributed by atoms with Gasteiger partial charge in [0.2, 0.25) is 11.6 Å². The minimum atomic E-state index is -1.19. The summed E-state index contributed by atoms with van der Waals surface area (Å²) in [7, 11) is 0. The first kappa shape index (κ1) is 9.11. The number of amidine groups is 1. The molecular weight excluding hydrogens is 176 g/mol. The van der Waals surface area contributed by atoms with Crippen LogP contribution in [0.5, 0.6) is 0 Å². The van der Waals surface area contributed by atoms with Gasteiger partial charge in [0.25, 0.3) is 0 Å². The highest BCUT2D eigenvalue weighted by Crippen LogP contribution is 2.13. The average Bonchev–Trinajstić information content (AvgIpc) is 2.46. The lowest BCUT2D eigenvalue weighted by atomic mass is 10.2. The Balaban J connectivity index is 3.18. The third kappa shape index (κ3) is 1.61. The molecule has 6 nitrogen and oxygen atoms in total. The Kier molecular flexibility index (Phi) is 2.23. The van der Waals surface area contributed by atoms with Gasteiger partial charge in [0.05, 0.1) is 0 Å². The zero-order valence-corrected chi connectivity index (χ0v) is 6.81. The second-order valence-corrected chi connectivity index (χ2v) is 2.41. The third-order valence-corrected chi connectivity index (χ3v) is 1.47. The molecule has 0 radical (unpaired) electrons. The van der Waals surface area contributed by atoms with Crippen molar-refractivity contribution in [2.75, 3.05) is 0 Å². The maximum Gasteiger partial charge on any atom is 0.371 e. The summed E-state index contributed by atoms with van der Waals surface area (Å²) in [5.41, 5.74) is 5.73. The topological polar surface area (TPSA) is 109 Å². The SMILES string of the molecule is Cc1cc(C(=O)O)oc1/C(N)=N\O. The number of hydrogen-bond acceptors (Lipinski definition) is 4. The van der Waals surface area contributed by atoms with Crippen molar-refractivity contribution in [2.24, 2.45) is 10.9 Å². The van der Waals surface area contributed by atoms with E-state index in [0.29, 0.717) is 5.56 Å². The summed E-state index contributed by atoms with van der Waals surface area (Å²) in [5.74, 6) is -1.61. The highest BCUT2D eigenvalue weighted by molar-refractivity contribution is 5.97. The number of nitrogens with two attached hydrogens (primary N) is 1. The van der Waals surface area contributed by atoms with Gasteiger partial charge in [0.15, 0.2) is 5.76 Å². The molecule has 0 saturated heterocycles. The molecule has 4 N–H and O–H groups in total. The molecule has 0 bridgehead atoms. The van der Waals surface area contributed by atoms with Crippen molar-refractivity contribution in [3.05, 3.63) is 23.2 Å². The van der Waals surface area contributed by atoms with E-state index in [-0.39, 0.29) is 17.4 Å². The number of rotatable bonds is 2. The molecule has 1 aromatic heterocycles. The summed E-state index contributed by atoms with van der Waals surface area (Å²) in [6.07, 6.45) is 0. The lowest BCUT2D eigenvalue weighted by Crippen LogP contribution is -2.13. The highest BCUT2D eigenvalue weighted by Gasteiger charge is 2.15. The van der Waals surface area contributed by atoms with E-state index in [2.05, 4.69) is 5.16 Å². The lowest BCUT2D eigenvalue weighted by molar-refractivity contribution is 0.0662. The molecule has 1 heterocycles. The molecule has 0 fully saturated rings. The molecule has 0 aliphatic heterocycles. The normalized spacial score (nSPS) is 11.6. The van der Waals surface area contributed by atoms with E-state index in [1.165, 1.54) is 6.07 Å². The number of carboxylic acid groups (broad SMARTS) is 1. The van der Waals surface area contributed by atoms with Crippen molar-refractivity contribution in [1.29, 1.82) is 0 Å². The zero-order valence-electron chi connectivity index (χ0n) is 6.81. The molecule has 1 rings (SSSR count). The van der Waals surface area contributed by atoms with Crippen LogP contribution in [0.1, 0.15) is 21.9 Å². The molecule has 0 unspecified atom stereocenters. The Morgan fingerprint density at radius 1 is 1.69 bits per heavy atom. The zero-order chi connectivity index (χ0) is 10.0. The van der Waals surface area contributed by atoms with E-state index in [4.69, 9.17) is 20.5 Å². The van der Waals surface area contributed by atoms with Crippen LogP contribution in [0, 0.1) is 6.92 Å². The maximum atomic E-state index is 10.4. The molecule has 0 amide bonds. The van der Waals surface area contributed by atoms with Crippen LogP contribution in [0.15, 0.2) is 15.6 Å². The van der Waals surface area contributed by atoms with E-state index in [1.807, 2.05) is 0 Å². The fourth-order valence-electron chi connectivity index (χ4n) is 0.887. The Labute approximate surface area is 73.3 Å². The molecular formula is C7H8N2O4. The molecule has 70 valence electrons. The summed E-state index contributed by atoms with van der Waals surface area (Å²) in [5, 5.41) is 19.6. The van der Waals surface area contributed by atoms with Gasteiger partial charge in [-0.1, -0.05) is 5.16 Å². The monoisotopic (exact) mass is 184 g/mol. The second-order valence-electron chi connectivity index (χ2n) is 2.41. The van der Waals surface area contributed by atoms with E-state index < -0.39 is 5.97 Å². The predicted molar refractivity (Wildman–Crippen MR) is 42.9 cm³/mol. The quantitative estimate of drug-likeness (QED) is 0.266. The number of hydrogen-bond donors (Lipinski definition) is 3. The van der Waals surface area contributed by atoms with Gasteiger partial charge < -0.3 is 20.5 Å². The van der Waals surface area contributed by atoms with Gasteiger partial charge in [-0.05, 0) is 18.6 Å². The largest absolute Gasteiger partial charge is 0.475 e. The van der Waals surface area contributed by atoms with E-state index in [0.717, 1.165) is 0 Å². The fourth-order valence-corrected chi connectivity index (χ4v) is 0.887.